The molecule has 0 radical (unpaired) electrons. The van der Waals surface area contributed by atoms with Crippen molar-refractivity contribution in [3.63, 3.8) is 0 Å². The topological polar surface area (TPSA) is 77.9 Å². The lowest BCUT2D eigenvalue weighted by molar-refractivity contribution is -0.131. The lowest BCUT2D eigenvalue weighted by Crippen LogP contribution is -2.44. The molecule has 2 aliphatic rings. The number of anilines is 1. The second-order valence-corrected chi connectivity index (χ2v) is 7.88. The molecule has 0 aliphatic carbocycles. The summed E-state index contributed by atoms with van der Waals surface area (Å²) < 4.78 is 18.6. The molecule has 1 saturated heterocycles. The minimum atomic E-state index is -0.367. The predicted molar refractivity (Wildman–Crippen MR) is 121 cm³/mol. The second kappa shape index (κ2) is 8.20. The minimum absolute atomic E-state index is 0.00140. The number of hydrogen-bond donors (Lipinski definition) is 1. The fourth-order valence-corrected chi connectivity index (χ4v) is 4.52. The zero-order valence-corrected chi connectivity index (χ0v) is 18.4. The van der Waals surface area contributed by atoms with Crippen LogP contribution in [0.5, 0.6) is 11.5 Å². The highest BCUT2D eigenvalue weighted by Crippen LogP contribution is 2.42. The SMILES string of the molecule is COc1ccc(C2C(C(=O)N3CCOCC3)=C(C)Nc3nc4ccccc4n32)cc1OC. The second-order valence-electron chi connectivity index (χ2n) is 7.88. The molecular weight excluding hydrogens is 408 g/mol. The van der Waals surface area contributed by atoms with Crippen LogP contribution in [0.3, 0.4) is 0 Å². The summed E-state index contributed by atoms with van der Waals surface area (Å²) in [5.74, 6) is 1.97. The van der Waals surface area contributed by atoms with Crippen LogP contribution in [0.1, 0.15) is 18.5 Å². The first-order valence-corrected chi connectivity index (χ1v) is 10.7. The first-order chi connectivity index (χ1) is 15.6. The molecule has 0 saturated carbocycles. The van der Waals surface area contributed by atoms with Gasteiger partial charge in [0, 0.05) is 18.8 Å². The number of imidazole rings is 1. The van der Waals surface area contributed by atoms with Crippen molar-refractivity contribution in [1.29, 1.82) is 0 Å². The molecule has 5 rings (SSSR count). The number of benzene rings is 2. The highest BCUT2D eigenvalue weighted by Gasteiger charge is 2.36. The summed E-state index contributed by atoms with van der Waals surface area (Å²) in [7, 11) is 3.23. The van der Waals surface area contributed by atoms with Crippen LogP contribution in [0.2, 0.25) is 0 Å². The fourth-order valence-electron chi connectivity index (χ4n) is 4.52. The maximum Gasteiger partial charge on any atom is 0.254 e. The van der Waals surface area contributed by atoms with E-state index in [9.17, 15) is 4.79 Å². The van der Waals surface area contributed by atoms with Crippen molar-refractivity contribution in [2.24, 2.45) is 0 Å². The Balaban J connectivity index is 1.71. The van der Waals surface area contributed by atoms with Crippen molar-refractivity contribution in [1.82, 2.24) is 14.5 Å². The molecule has 32 heavy (non-hydrogen) atoms. The summed E-state index contributed by atoms with van der Waals surface area (Å²) in [6.45, 7) is 4.18. The number of carbonyl (C=O) groups excluding carboxylic acids is 1. The van der Waals surface area contributed by atoms with Gasteiger partial charge in [-0.25, -0.2) is 4.98 Å². The van der Waals surface area contributed by atoms with Gasteiger partial charge in [0.05, 0.1) is 50.1 Å². The Morgan fingerprint density at radius 1 is 1.09 bits per heavy atom. The van der Waals surface area contributed by atoms with E-state index in [-0.39, 0.29) is 11.9 Å². The number of rotatable bonds is 4. The zero-order valence-electron chi connectivity index (χ0n) is 18.4. The molecule has 2 aromatic carbocycles. The van der Waals surface area contributed by atoms with Gasteiger partial charge in [-0.3, -0.25) is 9.36 Å². The number of ether oxygens (including phenoxy) is 3. The van der Waals surface area contributed by atoms with Gasteiger partial charge < -0.3 is 24.4 Å². The van der Waals surface area contributed by atoms with Crippen LogP contribution in [0.15, 0.2) is 53.7 Å². The molecule has 8 nitrogen and oxygen atoms in total. The van der Waals surface area contributed by atoms with Crippen molar-refractivity contribution in [2.75, 3.05) is 45.8 Å². The van der Waals surface area contributed by atoms with Gasteiger partial charge in [0.25, 0.3) is 5.91 Å². The molecule has 1 fully saturated rings. The highest BCUT2D eigenvalue weighted by molar-refractivity contribution is 5.98. The average Bonchev–Trinajstić information content (AvgIpc) is 3.20. The van der Waals surface area contributed by atoms with E-state index in [4.69, 9.17) is 19.2 Å². The molecule has 166 valence electrons. The Morgan fingerprint density at radius 3 is 2.59 bits per heavy atom. The summed E-state index contributed by atoms with van der Waals surface area (Å²) in [5, 5.41) is 3.37. The van der Waals surface area contributed by atoms with Crippen molar-refractivity contribution in [3.05, 3.63) is 59.3 Å². The highest BCUT2D eigenvalue weighted by atomic mass is 16.5. The zero-order chi connectivity index (χ0) is 22.2. The molecule has 0 spiro atoms. The maximum absolute atomic E-state index is 13.8. The van der Waals surface area contributed by atoms with Gasteiger partial charge in [0.1, 0.15) is 0 Å². The summed E-state index contributed by atoms with van der Waals surface area (Å²) >= 11 is 0. The summed E-state index contributed by atoms with van der Waals surface area (Å²) in [5.41, 5.74) is 4.23. The number of nitrogens with one attached hydrogen (secondary N) is 1. The summed E-state index contributed by atoms with van der Waals surface area (Å²) in [4.78, 5) is 20.4. The largest absolute Gasteiger partial charge is 0.493 e. The number of allylic oxidation sites excluding steroid dienone is 1. The molecule has 8 heteroatoms. The number of hydrogen-bond acceptors (Lipinski definition) is 6. The van der Waals surface area contributed by atoms with Gasteiger partial charge in [-0.2, -0.15) is 0 Å². The van der Waals surface area contributed by atoms with Crippen molar-refractivity contribution < 1.29 is 19.0 Å². The van der Waals surface area contributed by atoms with Gasteiger partial charge in [0.15, 0.2) is 11.5 Å². The Bertz CT molecular complexity index is 1210. The van der Waals surface area contributed by atoms with Gasteiger partial charge in [-0.15, -0.1) is 0 Å². The van der Waals surface area contributed by atoms with E-state index in [2.05, 4.69) is 9.88 Å². The minimum Gasteiger partial charge on any atom is -0.493 e. The number of morpholine rings is 1. The number of methoxy groups -OCH3 is 2. The third kappa shape index (κ3) is 3.27. The van der Waals surface area contributed by atoms with Crippen LogP contribution in [0.4, 0.5) is 5.95 Å². The van der Waals surface area contributed by atoms with E-state index in [1.54, 1.807) is 14.2 Å². The van der Waals surface area contributed by atoms with Gasteiger partial charge in [0.2, 0.25) is 5.95 Å². The number of carbonyl (C=O) groups is 1. The van der Waals surface area contributed by atoms with Gasteiger partial charge in [-0.05, 0) is 36.8 Å². The molecule has 1 amide bonds. The van der Waals surface area contributed by atoms with E-state index in [0.717, 1.165) is 22.3 Å². The third-order valence-corrected chi connectivity index (χ3v) is 6.08. The average molecular weight is 434 g/mol. The summed E-state index contributed by atoms with van der Waals surface area (Å²) in [6, 6.07) is 13.4. The van der Waals surface area contributed by atoms with E-state index in [1.807, 2.05) is 54.3 Å². The van der Waals surface area contributed by atoms with Crippen LogP contribution in [0, 0.1) is 0 Å². The van der Waals surface area contributed by atoms with Crippen LogP contribution < -0.4 is 14.8 Å². The van der Waals surface area contributed by atoms with E-state index in [1.165, 1.54) is 0 Å². The molecule has 1 atom stereocenters. The normalized spacial score (nSPS) is 18.3. The van der Waals surface area contributed by atoms with Gasteiger partial charge >= 0.3 is 0 Å². The number of aromatic nitrogens is 2. The lowest BCUT2D eigenvalue weighted by atomic mass is 9.93. The van der Waals surface area contributed by atoms with Crippen LogP contribution in [-0.2, 0) is 9.53 Å². The molecule has 1 unspecified atom stereocenters. The Labute approximate surface area is 186 Å². The van der Waals surface area contributed by atoms with Crippen LogP contribution in [-0.4, -0.2) is 60.9 Å². The monoisotopic (exact) mass is 434 g/mol. The first-order valence-electron chi connectivity index (χ1n) is 10.7. The molecule has 1 aromatic heterocycles. The first kappa shape index (κ1) is 20.4. The number of amides is 1. The Kier molecular flexibility index (Phi) is 5.22. The van der Waals surface area contributed by atoms with Crippen molar-refractivity contribution in [2.45, 2.75) is 13.0 Å². The quantitative estimate of drug-likeness (QED) is 0.680. The van der Waals surface area contributed by atoms with E-state index < -0.39 is 0 Å². The molecule has 1 N–H and O–H groups in total. The number of para-hydroxylation sites is 2. The van der Waals surface area contributed by atoms with Crippen LogP contribution >= 0.6 is 0 Å². The Morgan fingerprint density at radius 2 is 1.84 bits per heavy atom. The molecular formula is C24H26N4O4. The van der Waals surface area contributed by atoms with Gasteiger partial charge in [-0.1, -0.05) is 18.2 Å². The lowest BCUT2D eigenvalue weighted by Gasteiger charge is -2.35. The number of fused-ring (bicyclic) bond motifs is 3. The molecule has 3 heterocycles. The van der Waals surface area contributed by atoms with Crippen molar-refractivity contribution >= 4 is 22.9 Å². The fraction of sp³-hybridized carbons (Fsp3) is 0.333. The van der Waals surface area contributed by atoms with Crippen LogP contribution in [0.25, 0.3) is 11.0 Å². The van der Waals surface area contributed by atoms with E-state index in [0.29, 0.717) is 49.3 Å². The number of nitrogens with zero attached hydrogens (tertiary/aromatic N) is 3. The molecule has 3 aromatic rings. The molecule has 2 aliphatic heterocycles. The Hall–Kier alpha value is -3.52. The predicted octanol–water partition coefficient (Wildman–Crippen LogP) is 3.20. The smallest absolute Gasteiger partial charge is 0.254 e. The third-order valence-electron chi connectivity index (χ3n) is 6.08. The standard InChI is InChI=1S/C24H26N4O4/c1-15-21(23(29)27-10-12-32-13-11-27)22(16-8-9-19(30-2)20(14-16)31-3)28-18-7-5-4-6-17(18)26-24(28)25-15/h4-9,14,22H,10-13H2,1-3H3,(H,25,26). The van der Waals surface area contributed by atoms with Crippen molar-refractivity contribution in [3.8, 4) is 11.5 Å². The molecule has 0 bridgehead atoms. The van der Waals surface area contributed by atoms with E-state index >= 15 is 0 Å². The summed E-state index contributed by atoms with van der Waals surface area (Å²) in [6.07, 6.45) is 0. The maximum atomic E-state index is 13.8.